The van der Waals surface area contributed by atoms with Crippen molar-refractivity contribution in [3.05, 3.63) is 75.7 Å². The van der Waals surface area contributed by atoms with Crippen LogP contribution in [0.3, 0.4) is 0 Å². The number of carbonyl (C=O) groups is 1. The number of thiazole rings is 1. The maximum absolute atomic E-state index is 12.5. The van der Waals surface area contributed by atoms with Gasteiger partial charge in [-0.2, -0.15) is 0 Å². The van der Waals surface area contributed by atoms with E-state index in [0.29, 0.717) is 22.4 Å². The lowest BCUT2D eigenvalue weighted by Gasteiger charge is -2.01. The lowest BCUT2D eigenvalue weighted by atomic mass is 10.0. The molecule has 0 saturated carbocycles. The first-order valence-electron chi connectivity index (χ1n) is 6.65. The molecule has 106 valence electrons. The number of ketones is 1. The first-order valence-corrected chi connectivity index (χ1v) is 7.47. The molecule has 0 amide bonds. The van der Waals surface area contributed by atoms with Gasteiger partial charge in [-0.15, -0.1) is 4.98 Å². The molecule has 22 heavy (non-hydrogen) atoms. The number of benzene rings is 1. The fourth-order valence-corrected chi connectivity index (χ4v) is 3.10. The van der Waals surface area contributed by atoms with Crippen molar-refractivity contribution in [2.45, 2.75) is 0 Å². The predicted octanol–water partition coefficient (Wildman–Crippen LogP) is 1.95. The molecule has 0 spiro atoms. The lowest BCUT2D eigenvalue weighted by molar-refractivity contribution is -0.486. The number of hydrogen-bond donors (Lipinski definition) is 1. The van der Waals surface area contributed by atoms with Crippen LogP contribution in [-0.4, -0.2) is 15.8 Å². The van der Waals surface area contributed by atoms with Gasteiger partial charge in [-0.3, -0.25) is 4.79 Å². The minimum atomic E-state index is -0.124. The topological polar surface area (TPSA) is 66.9 Å². The number of aromatic amines is 1. The summed E-state index contributed by atoms with van der Waals surface area (Å²) in [5.74, 6) is -0.0520. The van der Waals surface area contributed by atoms with Crippen molar-refractivity contribution in [3.8, 4) is 0 Å². The molecule has 1 aromatic carbocycles. The van der Waals surface area contributed by atoms with Crippen LogP contribution in [0.15, 0.2) is 59.7 Å². The molecule has 0 bridgehead atoms. The van der Waals surface area contributed by atoms with Gasteiger partial charge in [0.1, 0.15) is 10.9 Å². The molecule has 0 fully saturated rings. The van der Waals surface area contributed by atoms with Crippen molar-refractivity contribution in [2.75, 3.05) is 0 Å². The molecular weight excluding hydrogens is 298 g/mol. The number of rotatable bonds is 2. The zero-order valence-electron chi connectivity index (χ0n) is 11.3. The Morgan fingerprint density at radius 1 is 1.14 bits per heavy atom. The highest BCUT2D eigenvalue weighted by Crippen LogP contribution is 2.13. The third-order valence-corrected chi connectivity index (χ3v) is 4.25. The zero-order valence-corrected chi connectivity index (χ0v) is 12.1. The molecule has 4 rings (SSSR count). The third-order valence-electron chi connectivity index (χ3n) is 3.44. The second-order valence-corrected chi connectivity index (χ2v) is 5.84. The monoisotopic (exact) mass is 308 g/mol. The second kappa shape index (κ2) is 4.85. The quantitative estimate of drug-likeness (QED) is 0.455. The van der Waals surface area contributed by atoms with Crippen LogP contribution >= 0.6 is 11.3 Å². The average Bonchev–Trinajstić information content (AvgIpc) is 2.95. The summed E-state index contributed by atoms with van der Waals surface area (Å²) in [6.45, 7) is 0. The number of carbonyl (C=O) groups excluding carboxylic acids is 1. The minimum Gasteiger partial charge on any atom is -0.289 e. The summed E-state index contributed by atoms with van der Waals surface area (Å²) in [7, 11) is 0. The first-order chi connectivity index (χ1) is 10.7. The largest absolute Gasteiger partial charge is 0.362 e. The molecule has 0 aliphatic heterocycles. The molecule has 1 N–H and O–H groups in total. The van der Waals surface area contributed by atoms with E-state index in [4.69, 9.17) is 0 Å². The summed E-state index contributed by atoms with van der Waals surface area (Å²) >= 11 is 1.11. The Balaban J connectivity index is 1.89. The molecule has 3 heterocycles. The Kier molecular flexibility index (Phi) is 2.83. The molecule has 5 nitrogen and oxygen atoms in total. The Morgan fingerprint density at radius 2 is 1.95 bits per heavy atom. The van der Waals surface area contributed by atoms with Crippen LogP contribution in [-0.2, 0) is 0 Å². The van der Waals surface area contributed by atoms with Crippen LogP contribution in [0.1, 0.15) is 15.9 Å². The highest BCUT2D eigenvalue weighted by molar-refractivity contribution is 7.16. The van der Waals surface area contributed by atoms with Gasteiger partial charge in [-0.1, -0.05) is 30.3 Å². The van der Waals surface area contributed by atoms with Gasteiger partial charge in [-0.05, 0) is 17.4 Å². The Labute approximate surface area is 128 Å². The first kappa shape index (κ1) is 12.8. The Hall–Kier alpha value is -2.86. The van der Waals surface area contributed by atoms with E-state index in [0.717, 1.165) is 16.0 Å². The second-order valence-electron chi connectivity index (χ2n) is 4.82. The summed E-state index contributed by atoms with van der Waals surface area (Å²) in [6, 6.07) is 12.6. The van der Waals surface area contributed by atoms with E-state index in [1.165, 1.54) is 0 Å². The van der Waals surface area contributed by atoms with Crippen molar-refractivity contribution >= 4 is 33.1 Å². The molecule has 3 aromatic heterocycles. The van der Waals surface area contributed by atoms with Crippen molar-refractivity contribution in [1.82, 2.24) is 9.97 Å². The minimum absolute atomic E-state index is 0.0520. The predicted molar refractivity (Wildman–Crippen MR) is 83.3 cm³/mol. The highest BCUT2D eigenvalue weighted by atomic mass is 32.1. The van der Waals surface area contributed by atoms with Crippen LogP contribution in [0.4, 0.5) is 0 Å². The number of nitrogens with zero attached hydrogens (tertiary/aromatic N) is 2. The molecule has 0 aliphatic carbocycles. The molecule has 0 unspecified atom stereocenters. The van der Waals surface area contributed by atoms with Crippen molar-refractivity contribution < 1.29 is 9.20 Å². The smallest absolute Gasteiger partial charge is 0.289 e. The van der Waals surface area contributed by atoms with Crippen molar-refractivity contribution in [1.29, 1.82) is 0 Å². The third kappa shape index (κ3) is 2.01. The number of H-pyrrole nitrogens is 1. The molecule has 4 aromatic rings. The number of nitrogens with one attached hydrogen (secondary N) is 1. The highest BCUT2D eigenvalue weighted by Gasteiger charge is 2.15. The summed E-state index contributed by atoms with van der Waals surface area (Å²) < 4.78 is 2.55. The van der Waals surface area contributed by atoms with E-state index in [2.05, 4.69) is 9.97 Å². The average molecular weight is 308 g/mol. The van der Waals surface area contributed by atoms with E-state index < -0.39 is 0 Å². The van der Waals surface area contributed by atoms with Gasteiger partial charge in [0.25, 0.3) is 11.3 Å². The van der Waals surface area contributed by atoms with Gasteiger partial charge in [0.15, 0.2) is 5.78 Å². The fourth-order valence-electron chi connectivity index (χ4n) is 2.40. The molecular formula is C16H10N3O2S+. The summed E-state index contributed by atoms with van der Waals surface area (Å²) in [5, 5.41) is 0. The number of pyridine rings is 1. The van der Waals surface area contributed by atoms with Crippen LogP contribution in [0, 0.1) is 0 Å². The molecule has 0 atom stereocenters. The van der Waals surface area contributed by atoms with Gasteiger partial charge >= 0.3 is 4.87 Å². The zero-order chi connectivity index (χ0) is 15.1. The molecule has 0 radical (unpaired) electrons. The van der Waals surface area contributed by atoms with Crippen molar-refractivity contribution in [2.24, 2.45) is 0 Å². The number of aromatic nitrogens is 3. The van der Waals surface area contributed by atoms with Crippen molar-refractivity contribution in [3.63, 3.8) is 0 Å². The van der Waals surface area contributed by atoms with Crippen LogP contribution in [0.25, 0.3) is 16.0 Å². The van der Waals surface area contributed by atoms with E-state index >= 15 is 0 Å². The van der Waals surface area contributed by atoms with Crippen LogP contribution in [0.2, 0.25) is 0 Å². The number of fused-ring (bicyclic) bond motifs is 3. The molecule has 6 heteroatoms. The van der Waals surface area contributed by atoms with Gasteiger partial charge < -0.3 is 0 Å². The summed E-state index contributed by atoms with van der Waals surface area (Å²) in [6.07, 6.45) is 3.40. The molecule has 0 saturated heterocycles. The van der Waals surface area contributed by atoms with Crippen LogP contribution in [0.5, 0.6) is 0 Å². The lowest BCUT2D eigenvalue weighted by Crippen LogP contribution is -2.25. The van der Waals surface area contributed by atoms with E-state index in [9.17, 15) is 9.59 Å². The van der Waals surface area contributed by atoms with Gasteiger partial charge in [0.2, 0.25) is 0 Å². The summed E-state index contributed by atoms with van der Waals surface area (Å²) in [4.78, 5) is 30.9. The maximum atomic E-state index is 12.5. The number of hydrogen-bond acceptors (Lipinski definition) is 4. The standard InChI is InChI=1S/C16H9N3O2S/c20-14(10-4-2-1-3-5-10)11-6-7-19-13(8-11)17-9-12-15(19)18-16(21)22-12/h1-9H/p+1. The molecule has 0 aliphatic rings. The Bertz CT molecular complexity index is 1070. The fraction of sp³-hybridized carbons (Fsp3) is 0. The van der Waals surface area contributed by atoms with E-state index in [1.807, 2.05) is 18.2 Å². The van der Waals surface area contributed by atoms with Gasteiger partial charge in [-0.25, -0.2) is 14.2 Å². The van der Waals surface area contributed by atoms with Gasteiger partial charge in [0, 0.05) is 17.2 Å². The summed E-state index contributed by atoms with van der Waals surface area (Å²) in [5.41, 5.74) is 2.51. The normalized spacial score (nSPS) is 11.1. The van der Waals surface area contributed by atoms with Crippen LogP contribution < -0.4 is 9.27 Å². The van der Waals surface area contributed by atoms with E-state index in [1.54, 1.807) is 41.1 Å². The van der Waals surface area contributed by atoms with Gasteiger partial charge in [0.05, 0.1) is 6.20 Å². The SMILES string of the molecule is O=C(c1ccccc1)c1cc[n+]2c(c1)ncc1sc(=O)[nH]c12. The Morgan fingerprint density at radius 3 is 2.77 bits per heavy atom. The van der Waals surface area contributed by atoms with E-state index in [-0.39, 0.29) is 10.7 Å². The maximum Gasteiger partial charge on any atom is 0.362 e.